The number of hydrogen-bond acceptors (Lipinski definition) is 1. The predicted molar refractivity (Wildman–Crippen MR) is 39.6 cm³/mol. The number of rotatable bonds is 1. The first-order valence-corrected chi connectivity index (χ1v) is 4.05. The molecule has 0 saturated heterocycles. The molecule has 0 heterocycles. The van der Waals surface area contributed by atoms with Crippen LogP contribution in [0.2, 0.25) is 0 Å². The maximum absolute atomic E-state index is 10.5. The molecule has 1 heteroatoms. The second-order valence-electron chi connectivity index (χ2n) is 3.43. The lowest BCUT2D eigenvalue weighted by molar-refractivity contribution is -0.105. The highest BCUT2D eigenvalue weighted by Gasteiger charge is 2.29. The summed E-state index contributed by atoms with van der Waals surface area (Å²) in [6, 6.07) is 0. The van der Waals surface area contributed by atoms with Crippen molar-refractivity contribution in [1.82, 2.24) is 0 Å². The fraction of sp³-hybridized carbons (Fsp3) is 0.667. The maximum atomic E-state index is 10.5. The SMILES string of the molecule is O=CC1=CCC2CCC1C2. The highest BCUT2D eigenvalue weighted by Crippen LogP contribution is 2.41. The summed E-state index contributed by atoms with van der Waals surface area (Å²) in [7, 11) is 0. The van der Waals surface area contributed by atoms with Crippen molar-refractivity contribution in [2.45, 2.75) is 25.7 Å². The Morgan fingerprint density at radius 3 is 3.20 bits per heavy atom. The van der Waals surface area contributed by atoms with Crippen molar-refractivity contribution in [3.05, 3.63) is 11.6 Å². The van der Waals surface area contributed by atoms with Crippen molar-refractivity contribution in [3.63, 3.8) is 0 Å². The van der Waals surface area contributed by atoms with Crippen LogP contribution in [0.15, 0.2) is 11.6 Å². The Hall–Kier alpha value is -0.590. The van der Waals surface area contributed by atoms with Gasteiger partial charge in [-0.15, -0.1) is 0 Å². The summed E-state index contributed by atoms with van der Waals surface area (Å²) in [5.74, 6) is 1.55. The van der Waals surface area contributed by atoms with Crippen LogP contribution in [0.4, 0.5) is 0 Å². The number of carbonyl (C=O) groups is 1. The molecule has 2 rings (SSSR count). The molecular weight excluding hydrogens is 124 g/mol. The highest BCUT2D eigenvalue weighted by molar-refractivity contribution is 5.74. The van der Waals surface area contributed by atoms with Crippen LogP contribution in [0.3, 0.4) is 0 Å². The fourth-order valence-electron chi connectivity index (χ4n) is 2.21. The van der Waals surface area contributed by atoms with Crippen LogP contribution >= 0.6 is 0 Å². The molecule has 2 atom stereocenters. The second-order valence-corrected chi connectivity index (χ2v) is 3.43. The summed E-state index contributed by atoms with van der Waals surface area (Å²) < 4.78 is 0. The highest BCUT2D eigenvalue weighted by atomic mass is 16.1. The van der Waals surface area contributed by atoms with Crippen LogP contribution in [0.1, 0.15) is 25.7 Å². The third-order valence-corrected chi connectivity index (χ3v) is 2.84. The molecule has 2 aliphatic carbocycles. The van der Waals surface area contributed by atoms with Gasteiger partial charge in [0.1, 0.15) is 6.29 Å². The molecule has 1 saturated carbocycles. The largest absolute Gasteiger partial charge is 0.298 e. The van der Waals surface area contributed by atoms with E-state index in [1.807, 2.05) is 0 Å². The monoisotopic (exact) mass is 136 g/mol. The minimum atomic E-state index is 0.635. The third kappa shape index (κ3) is 0.808. The van der Waals surface area contributed by atoms with Gasteiger partial charge < -0.3 is 0 Å². The number of aldehydes is 1. The van der Waals surface area contributed by atoms with E-state index in [1.54, 1.807) is 0 Å². The fourth-order valence-corrected chi connectivity index (χ4v) is 2.21. The first-order chi connectivity index (χ1) is 4.90. The smallest absolute Gasteiger partial charge is 0.145 e. The molecule has 1 nitrogen and oxygen atoms in total. The van der Waals surface area contributed by atoms with E-state index >= 15 is 0 Å². The van der Waals surface area contributed by atoms with Crippen LogP contribution in [-0.4, -0.2) is 6.29 Å². The van der Waals surface area contributed by atoms with Crippen molar-refractivity contribution in [2.75, 3.05) is 0 Å². The molecule has 54 valence electrons. The van der Waals surface area contributed by atoms with Crippen molar-refractivity contribution < 1.29 is 4.79 Å². The first kappa shape index (κ1) is 6.14. The van der Waals surface area contributed by atoms with Crippen LogP contribution < -0.4 is 0 Å². The van der Waals surface area contributed by atoms with E-state index < -0.39 is 0 Å². The number of hydrogen-bond donors (Lipinski definition) is 0. The molecule has 2 aliphatic rings. The number of carbonyl (C=O) groups excluding carboxylic acids is 1. The van der Waals surface area contributed by atoms with E-state index in [0.717, 1.165) is 24.2 Å². The van der Waals surface area contributed by atoms with E-state index in [-0.39, 0.29) is 0 Å². The van der Waals surface area contributed by atoms with E-state index in [4.69, 9.17) is 0 Å². The lowest BCUT2D eigenvalue weighted by Gasteiger charge is -2.15. The van der Waals surface area contributed by atoms with Crippen LogP contribution in [0.25, 0.3) is 0 Å². The van der Waals surface area contributed by atoms with Gasteiger partial charge >= 0.3 is 0 Å². The third-order valence-electron chi connectivity index (χ3n) is 2.84. The molecule has 10 heavy (non-hydrogen) atoms. The van der Waals surface area contributed by atoms with Gasteiger partial charge in [-0.2, -0.15) is 0 Å². The minimum Gasteiger partial charge on any atom is -0.298 e. The molecule has 1 fully saturated rings. The molecule has 0 aliphatic heterocycles. The summed E-state index contributed by atoms with van der Waals surface area (Å²) >= 11 is 0. The first-order valence-electron chi connectivity index (χ1n) is 4.05. The van der Waals surface area contributed by atoms with Crippen LogP contribution in [-0.2, 0) is 4.79 Å². The molecule has 2 unspecified atom stereocenters. The summed E-state index contributed by atoms with van der Waals surface area (Å²) in [5, 5.41) is 0. The van der Waals surface area contributed by atoms with Crippen molar-refractivity contribution in [1.29, 1.82) is 0 Å². The maximum Gasteiger partial charge on any atom is 0.145 e. The van der Waals surface area contributed by atoms with Crippen molar-refractivity contribution >= 4 is 6.29 Å². The Balaban J connectivity index is 2.21. The zero-order valence-corrected chi connectivity index (χ0v) is 6.05. The Labute approximate surface area is 61.1 Å². The second kappa shape index (κ2) is 2.22. The summed E-state index contributed by atoms with van der Waals surface area (Å²) in [6.45, 7) is 0. The summed E-state index contributed by atoms with van der Waals surface area (Å²) in [6.07, 6.45) is 8.23. The summed E-state index contributed by atoms with van der Waals surface area (Å²) in [4.78, 5) is 10.5. The molecule has 2 bridgehead atoms. The van der Waals surface area contributed by atoms with Crippen LogP contribution in [0, 0.1) is 11.8 Å². The molecular formula is C9H12O. The van der Waals surface area contributed by atoms with E-state index in [9.17, 15) is 4.79 Å². The van der Waals surface area contributed by atoms with Gasteiger partial charge in [0.2, 0.25) is 0 Å². The normalized spacial score (nSPS) is 37.4. The predicted octanol–water partition coefficient (Wildman–Crippen LogP) is 1.93. The molecule has 0 aromatic heterocycles. The summed E-state index contributed by atoms with van der Waals surface area (Å²) in [5.41, 5.74) is 1.08. The standard InChI is InChI=1S/C9H12O/c10-6-9-4-2-7-1-3-8(9)5-7/h4,6-8H,1-3,5H2. The lowest BCUT2D eigenvalue weighted by Crippen LogP contribution is -2.06. The van der Waals surface area contributed by atoms with Gasteiger partial charge in [0.15, 0.2) is 0 Å². The zero-order chi connectivity index (χ0) is 6.97. The Kier molecular flexibility index (Phi) is 1.37. The van der Waals surface area contributed by atoms with Gasteiger partial charge in [-0.3, -0.25) is 4.79 Å². The van der Waals surface area contributed by atoms with Gasteiger partial charge in [0.05, 0.1) is 0 Å². The molecule has 0 spiro atoms. The van der Waals surface area contributed by atoms with Crippen LogP contribution in [0.5, 0.6) is 0 Å². The van der Waals surface area contributed by atoms with E-state index in [0.29, 0.717) is 5.92 Å². The Morgan fingerprint density at radius 1 is 1.50 bits per heavy atom. The van der Waals surface area contributed by atoms with Crippen molar-refractivity contribution in [2.24, 2.45) is 11.8 Å². The average Bonchev–Trinajstić information content (AvgIpc) is 2.34. The molecule has 0 N–H and O–H groups in total. The van der Waals surface area contributed by atoms with Gasteiger partial charge in [0.25, 0.3) is 0 Å². The Bertz CT molecular complexity index is 181. The molecule has 0 aromatic rings. The lowest BCUT2D eigenvalue weighted by atomic mass is 9.89. The quantitative estimate of drug-likeness (QED) is 0.503. The number of fused-ring (bicyclic) bond motifs is 2. The van der Waals surface area contributed by atoms with E-state index in [2.05, 4.69) is 6.08 Å². The van der Waals surface area contributed by atoms with Gasteiger partial charge in [-0.05, 0) is 43.1 Å². The van der Waals surface area contributed by atoms with Gasteiger partial charge in [-0.1, -0.05) is 6.08 Å². The van der Waals surface area contributed by atoms with Gasteiger partial charge in [0, 0.05) is 0 Å². The molecule has 0 amide bonds. The topological polar surface area (TPSA) is 17.1 Å². The van der Waals surface area contributed by atoms with Gasteiger partial charge in [-0.25, -0.2) is 0 Å². The molecule has 0 radical (unpaired) electrons. The Morgan fingerprint density at radius 2 is 2.40 bits per heavy atom. The zero-order valence-electron chi connectivity index (χ0n) is 6.05. The van der Waals surface area contributed by atoms with Crippen molar-refractivity contribution in [3.8, 4) is 0 Å². The number of allylic oxidation sites excluding steroid dienone is 2. The average molecular weight is 136 g/mol. The van der Waals surface area contributed by atoms with E-state index in [1.165, 1.54) is 19.3 Å². The molecule has 0 aromatic carbocycles. The minimum absolute atomic E-state index is 0.635.